The molecule has 1 rings (SSSR count). The molecule has 0 saturated carbocycles. The molecule has 0 spiro atoms. The summed E-state index contributed by atoms with van der Waals surface area (Å²) in [6.07, 6.45) is 1.43. The predicted octanol–water partition coefficient (Wildman–Crippen LogP) is 3.53. The van der Waals surface area contributed by atoms with Gasteiger partial charge in [0.1, 0.15) is 0 Å². The summed E-state index contributed by atoms with van der Waals surface area (Å²) < 4.78 is 0. The van der Waals surface area contributed by atoms with Crippen LogP contribution in [0.4, 0.5) is 5.69 Å². The summed E-state index contributed by atoms with van der Waals surface area (Å²) in [6, 6.07) is 6.06. The second-order valence-corrected chi connectivity index (χ2v) is 2.69. The van der Waals surface area contributed by atoms with Crippen LogP contribution < -0.4 is 0 Å². The van der Waals surface area contributed by atoms with Gasteiger partial charge in [-0.05, 0) is 25.5 Å². The van der Waals surface area contributed by atoms with Gasteiger partial charge in [0.2, 0.25) is 0 Å². The molecular weight excluding hydrogens is 148 g/mol. The van der Waals surface area contributed by atoms with Crippen molar-refractivity contribution in [3.63, 3.8) is 0 Å². The molecule has 2 heteroatoms. The third-order valence-corrected chi connectivity index (χ3v) is 1.60. The van der Waals surface area contributed by atoms with Crippen molar-refractivity contribution in [1.29, 1.82) is 0 Å². The fourth-order valence-corrected chi connectivity index (χ4v) is 1.02. The summed E-state index contributed by atoms with van der Waals surface area (Å²) in [7, 11) is 0. The Morgan fingerprint density at radius 3 is 2.67 bits per heavy atom. The molecule has 0 amide bonds. The molecule has 0 unspecified atom stereocenters. The van der Waals surface area contributed by atoms with Crippen LogP contribution >= 0.6 is 0 Å². The van der Waals surface area contributed by atoms with Crippen molar-refractivity contribution in [2.24, 2.45) is 10.2 Å². The second kappa shape index (κ2) is 3.81. The highest BCUT2D eigenvalue weighted by atomic mass is 15.1. The Labute approximate surface area is 72.6 Å². The van der Waals surface area contributed by atoms with Gasteiger partial charge in [-0.2, -0.15) is 10.2 Å². The molecule has 1 aromatic carbocycles. The molecule has 0 heterocycles. The SMILES string of the molecule is C=CN=Nc1ccc(C)cc1C. The first-order valence-electron chi connectivity index (χ1n) is 3.83. The number of benzene rings is 1. The molecule has 0 atom stereocenters. The van der Waals surface area contributed by atoms with Gasteiger partial charge in [-0.25, -0.2) is 0 Å². The van der Waals surface area contributed by atoms with Gasteiger partial charge in [-0.15, -0.1) is 0 Å². The maximum Gasteiger partial charge on any atom is 0.0886 e. The molecule has 1 aromatic rings. The lowest BCUT2D eigenvalue weighted by Crippen LogP contribution is -1.75. The molecule has 12 heavy (non-hydrogen) atoms. The number of aryl methyl sites for hydroxylation is 2. The van der Waals surface area contributed by atoms with Crippen LogP contribution in [0, 0.1) is 13.8 Å². The minimum atomic E-state index is 0.903. The van der Waals surface area contributed by atoms with E-state index >= 15 is 0 Å². The van der Waals surface area contributed by atoms with E-state index in [-0.39, 0.29) is 0 Å². The molecule has 0 aliphatic heterocycles. The Morgan fingerprint density at radius 2 is 2.08 bits per heavy atom. The Kier molecular flexibility index (Phi) is 2.75. The van der Waals surface area contributed by atoms with E-state index in [4.69, 9.17) is 0 Å². The van der Waals surface area contributed by atoms with E-state index in [9.17, 15) is 0 Å². The zero-order chi connectivity index (χ0) is 8.97. The molecular formula is C10H12N2. The molecule has 0 fully saturated rings. The number of nitrogens with zero attached hydrogens (tertiary/aromatic N) is 2. The average Bonchev–Trinajstić information content (AvgIpc) is 2.03. The molecule has 0 N–H and O–H groups in total. The monoisotopic (exact) mass is 160 g/mol. The van der Waals surface area contributed by atoms with Gasteiger partial charge >= 0.3 is 0 Å². The summed E-state index contributed by atoms with van der Waals surface area (Å²) in [5, 5.41) is 7.69. The second-order valence-electron chi connectivity index (χ2n) is 2.69. The van der Waals surface area contributed by atoms with Crippen LogP contribution in [0.5, 0.6) is 0 Å². The zero-order valence-electron chi connectivity index (χ0n) is 7.41. The summed E-state index contributed by atoms with van der Waals surface area (Å²) in [6.45, 7) is 7.54. The fourth-order valence-electron chi connectivity index (χ4n) is 1.02. The van der Waals surface area contributed by atoms with E-state index in [1.54, 1.807) is 0 Å². The maximum atomic E-state index is 3.97. The summed E-state index contributed by atoms with van der Waals surface area (Å²) >= 11 is 0. The van der Waals surface area contributed by atoms with Crippen LogP contribution in [0.2, 0.25) is 0 Å². The standard InChI is InChI=1S/C10H12N2/c1-4-11-12-10-6-5-8(2)7-9(10)3/h4-7H,1H2,2-3H3. The van der Waals surface area contributed by atoms with E-state index in [1.165, 1.54) is 11.8 Å². The van der Waals surface area contributed by atoms with Crippen molar-refractivity contribution in [3.8, 4) is 0 Å². The molecule has 0 aliphatic carbocycles. The topological polar surface area (TPSA) is 24.7 Å². The van der Waals surface area contributed by atoms with Gasteiger partial charge in [0, 0.05) is 6.20 Å². The Hall–Kier alpha value is -1.44. The van der Waals surface area contributed by atoms with Gasteiger partial charge in [-0.3, -0.25) is 0 Å². The first-order valence-corrected chi connectivity index (χ1v) is 3.83. The van der Waals surface area contributed by atoms with Gasteiger partial charge in [0.15, 0.2) is 0 Å². The Morgan fingerprint density at radius 1 is 1.33 bits per heavy atom. The van der Waals surface area contributed by atoms with Crippen LogP contribution in [0.1, 0.15) is 11.1 Å². The van der Waals surface area contributed by atoms with Crippen LogP contribution in [-0.4, -0.2) is 0 Å². The fraction of sp³-hybridized carbons (Fsp3) is 0.200. The number of hydrogen-bond donors (Lipinski definition) is 0. The van der Waals surface area contributed by atoms with Crippen molar-refractivity contribution in [2.75, 3.05) is 0 Å². The molecule has 0 radical (unpaired) electrons. The molecule has 62 valence electrons. The number of azo groups is 1. The average molecular weight is 160 g/mol. The first-order chi connectivity index (χ1) is 5.74. The van der Waals surface area contributed by atoms with Crippen LogP contribution in [0.25, 0.3) is 0 Å². The lowest BCUT2D eigenvalue weighted by molar-refractivity contribution is 1.20. The normalized spacial score (nSPS) is 10.5. The van der Waals surface area contributed by atoms with Gasteiger partial charge in [-0.1, -0.05) is 24.3 Å². The smallest absolute Gasteiger partial charge is 0.0886 e. The van der Waals surface area contributed by atoms with E-state index in [0.29, 0.717) is 0 Å². The predicted molar refractivity (Wildman–Crippen MR) is 50.6 cm³/mol. The van der Waals surface area contributed by atoms with E-state index in [2.05, 4.69) is 29.8 Å². The van der Waals surface area contributed by atoms with Crippen molar-refractivity contribution in [3.05, 3.63) is 42.1 Å². The minimum absolute atomic E-state index is 0.903. The largest absolute Gasteiger partial charge is 0.159 e. The van der Waals surface area contributed by atoms with E-state index in [0.717, 1.165) is 11.3 Å². The summed E-state index contributed by atoms with van der Waals surface area (Å²) in [5.41, 5.74) is 3.28. The van der Waals surface area contributed by atoms with Crippen LogP contribution in [0.3, 0.4) is 0 Å². The zero-order valence-corrected chi connectivity index (χ0v) is 7.41. The summed E-state index contributed by atoms with van der Waals surface area (Å²) in [4.78, 5) is 0. The molecule has 2 nitrogen and oxygen atoms in total. The van der Waals surface area contributed by atoms with Crippen molar-refractivity contribution in [2.45, 2.75) is 13.8 Å². The van der Waals surface area contributed by atoms with Crippen molar-refractivity contribution in [1.82, 2.24) is 0 Å². The third kappa shape index (κ3) is 2.02. The Bertz CT molecular complexity index is 314. The third-order valence-electron chi connectivity index (χ3n) is 1.60. The first kappa shape index (κ1) is 8.65. The summed E-state index contributed by atoms with van der Waals surface area (Å²) in [5.74, 6) is 0. The van der Waals surface area contributed by atoms with Gasteiger partial charge < -0.3 is 0 Å². The van der Waals surface area contributed by atoms with Gasteiger partial charge in [0.05, 0.1) is 5.69 Å². The van der Waals surface area contributed by atoms with Gasteiger partial charge in [0.25, 0.3) is 0 Å². The van der Waals surface area contributed by atoms with E-state index < -0.39 is 0 Å². The highest BCUT2D eigenvalue weighted by molar-refractivity contribution is 5.46. The molecule has 0 bridgehead atoms. The number of hydrogen-bond acceptors (Lipinski definition) is 2. The molecule has 0 saturated heterocycles. The highest BCUT2D eigenvalue weighted by Crippen LogP contribution is 2.19. The van der Waals surface area contributed by atoms with Crippen molar-refractivity contribution < 1.29 is 0 Å². The lowest BCUT2D eigenvalue weighted by Gasteiger charge is -1.98. The quantitative estimate of drug-likeness (QED) is 0.591. The molecule has 0 aliphatic rings. The van der Waals surface area contributed by atoms with Crippen molar-refractivity contribution >= 4 is 5.69 Å². The van der Waals surface area contributed by atoms with Crippen LogP contribution in [0.15, 0.2) is 41.2 Å². The lowest BCUT2D eigenvalue weighted by atomic mass is 10.1. The highest BCUT2D eigenvalue weighted by Gasteiger charge is 1.94. The number of rotatable bonds is 2. The molecule has 0 aromatic heterocycles. The maximum absolute atomic E-state index is 3.97. The van der Waals surface area contributed by atoms with Crippen LogP contribution in [-0.2, 0) is 0 Å². The van der Waals surface area contributed by atoms with E-state index in [1.807, 2.05) is 19.1 Å². The minimum Gasteiger partial charge on any atom is -0.159 e. The Balaban J connectivity index is 3.01.